The standard InChI is InChI=1S/C11H13NO3/c1-2-5-12-10(13)8-6-3-4-7(15-6)9(8)11(12)14/h2,6-9H,1,3-5H2/t6-,7+,8-,9+. The Morgan fingerprint density at radius 2 is 1.80 bits per heavy atom. The number of amides is 2. The van der Waals surface area contributed by atoms with Gasteiger partial charge in [0.15, 0.2) is 0 Å². The number of imide groups is 1. The van der Waals surface area contributed by atoms with Crippen molar-refractivity contribution in [2.75, 3.05) is 6.54 Å². The van der Waals surface area contributed by atoms with Gasteiger partial charge in [0.25, 0.3) is 0 Å². The summed E-state index contributed by atoms with van der Waals surface area (Å²) >= 11 is 0. The molecule has 2 bridgehead atoms. The molecular formula is C11H13NO3. The Hall–Kier alpha value is -1.16. The second-order valence-electron chi connectivity index (χ2n) is 4.42. The average molecular weight is 207 g/mol. The van der Waals surface area contributed by atoms with Crippen LogP contribution in [0.25, 0.3) is 0 Å². The van der Waals surface area contributed by atoms with E-state index >= 15 is 0 Å². The second kappa shape index (κ2) is 2.92. The van der Waals surface area contributed by atoms with E-state index in [0.717, 1.165) is 12.8 Å². The molecule has 0 spiro atoms. The van der Waals surface area contributed by atoms with Crippen LogP contribution in [0.1, 0.15) is 12.8 Å². The molecule has 3 fully saturated rings. The van der Waals surface area contributed by atoms with E-state index in [0.29, 0.717) is 6.54 Å². The van der Waals surface area contributed by atoms with Crippen molar-refractivity contribution in [3.8, 4) is 0 Å². The van der Waals surface area contributed by atoms with Crippen LogP contribution in [0.15, 0.2) is 12.7 Å². The van der Waals surface area contributed by atoms with Gasteiger partial charge in [-0.1, -0.05) is 6.08 Å². The van der Waals surface area contributed by atoms with Crippen molar-refractivity contribution in [2.24, 2.45) is 11.8 Å². The summed E-state index contributed by atoms with van der Waals surface area (Å²) in [6, 6.07) is 0. The molecule has 3 aliphatic rings. The third-order valence-electron chi connectivity index (χ3n) is 3.69. The van der Waals surface area contributed by atoms with Crippen molar-refractivity contribution in [3.63, 3.8) is 0 Å². The van der Waals surface area contributed by atoms with Gasteiger partial charge in [0.05, 0.1) is 24.0 Å². The Bertz CT molecular complexity index is 324. The molecule has 3 aliphatic heterocycles. The average Bonchev–Trinajstić information content (AvgIpc) is 2.87. The molecule has 0 aromatic carbocycles. The maximum Gasteiger partial charge on any atom is 0.236 e. The van der Waals surface area contributed by atoms with Crippen molar-refractivity contribution < 1.29 is 14.3 Å². The molecular weight excluding hydrogens is 194 g/mol. The van der Waals surface area contributed by atoms with Crippen LogP contribution in [0.5, 0.6) is 0 Å². The van der Waals surface area contributed by atoms with Crippen LogP contribution in [0, 0.1) is 11.8 Å². The Kier molecular flexibility index (Phi) is 1.77. The summed E-state index contributed by atoms with van der Waals surface area (Å²) < 4.78 is 5.61. The van der Waals surface area contributed by atoms with Gasteiger partial charge in [0, 0.05) is 6.54 Å². The number of nitrogens with zero attached hydrogens (tertiary/aromatic N) is 1. The second-order valence-corrected chi connectivity index (χ2v) is 4.42. The Morgan fingerprint density at radius 1 is 1.27 bits per heavy atom. The predicted octanol–water partition coefficient (Wildman–Crippen LogP) is 0.335. The molecule has 15 heavy (non-hydrogen) atoms. The Morgan fingerprint density at radius 3 is 2.27 bits per heavy atom. The number of rotatable bonds is 2. The monoisotopic (exact) mass is 207 g/mol. The third kappa shape index (κ3) is 1.00. The van der Waals surface area contributed by atoms with Crippen LogP contribution in [0.3, 0.4) is 0 Å². The number of hydrogen-bond acceptors (Lipinski definition) is 3. The zero-order valence-corrected chi connectivity index (χ0v) is 8.39. The molecule has 0 saturated carbocycles. The van der Waals surface area contributed by atoms with Crippen molar-refractivity contribution in [1.29, 1.82) is 0 Å². The first-order valence-electron chi connectivity index (χ1n) is 5.35. The zero-order valence-electron chi connectivity index (χ0n) is 8.39. The Labute approximate surface area is 87.9 Å². The highest BCUT2D eigenvalue weighted by Gasteiger charge is 2.61. The number of hydrogen-bond donors (Lipinski definition) is 0. The maximum atomic E-state index is 12.0. The highest BCUT2D eigenvalue weighted by molar-refractivity contribution is 6.06. The van der Waals surface area contributed by atoms with E-state index in [4.69, 9.17) is 4.74 Å². The number of carbonyl (C=O) groups is 2. The van der Waals surface area contributed by atoms with Crippen molar-refractivity contribution in [1.82, 2.24) is 4.90 Å². The quantitative estimate of drug-likeness (QED) is 0.484. The lowest BCUT2D eigenvalue weighted by molar-refractivity contribution is -0.141. The van der Waals surface area contributed by atoms with E-state index in [1.807, 2.05) is 0 Å². The number of carbonyl (C=O) groups excluding carboxylic acids is 2. The van der Waals surface area contributed by atoms with Crippen LogP contribution in [0.4, 0.5) is 0 Å². The fourth-order valence-electron chi connectivity index (χ4n) is 3.08. The summed E-state index contributed by atoms with van der Waals surface area (Å²) in [5.74, 6) is -0.512. The highest BCUT2D eigenvalue weighted by Crippen LogP contribution is 2.48. The lowest BCUT2D eigenvalue weighted by atomic mass is 9.81. The number of fused-ring (bicyclic) bond motifs is 5. The number of ether oxygens (including phenoxy) is 1. The van der Waals surface area contributed by atoms with Gasteiger partial charge in [0.2, 0.25) is 11.8 Å². The first kappa shape index (κ1) is 9.09. The molecule has 3 heterocycles. The molecule has 0 aromatic heterocycles. The smallest absolute Gasteiger partial charge is 0.236 e. The molecule has 4 heteroatoms. The van der Waals surface area contributed by atoms with Crippen molar-refractivity contribution >= 4 is 11.8 Å². The molecule has 4 atom stereocenters. The molecule has 0 aliphatic carbocycles. The SMILES string of the molecule is C=CCN1C(=O)[C@@H]2[C@H](C1=O)[C@H]1CC[C@@H]2O1. The van der Waals surface area contributed by atoms with E-state index < -0.39 is 0 Å². The topological polar surface area (TPSA) is 46.6 Å². The summed E-state index contributed by atoms with van der Waals surface area (Å²) in [7, 11) is 0. The third-order valence-corrected chi connectivity index (χ3v) is 3.69. The predicted molar refractivity (Wildman–Crippen MR) is 51.8 cm³/mol. The first-order chi connectivity index (χ1) is 7.24. The lowest BCUT2D eigenvalue weighted by Crippen LogP contribution is -2.34. The minimum Gasteiger partial charge on any atom is -0.373 e. The Balaban J connectivity index is 1.93. The van der Waals surface area contributed by atoms with Crippen LogP contribution in [-0.4, -0.2) is 35.5 Å². The van der Waals surface area contributed by atoms with Crippen LogP contribution < -0.4 is 0 Å². The fraction of sp³-hybridized carbons (Fsp3) is 0.636. The lowest BCUT2D eigenvalue weighted by Gasteiger charge is -2.15. The first-order valence-corrected chi connectivity index (χ1v) is 5.35. The minimum absolute atomic E-state index is 0.00809. The van der Waals surface area contributed by atoms with Gasteiger partial charge in [-0.25, -0.2) is 0 Å². The van der Waals surface area contributed by atoms with E-state index in [1.165, 1.54) is 4.90 Å². The number of likely N-dealkylation sites (tertiary alicyclic amines) is 1. The largest absolute Gasteiger partial charge is 0.373 e. The van der Waals surface area contributed by atoms with Gasteiger partial charge in [-0.05, 0) is 12.8 Å². The van der Waals surface area contributed by atoms with Gasteiger partial charge < -0.3 is 4.74 Å². The molecule has 2 amide bonds. The van der Waals surface area contributed by atoms with Gasteiger partial charge >= 0.3 is 0 Å². The van der Waals surface area contributed by atoms with Crippen molar-refractivity contribution in [3.05, 3.63) is 12.7 Å². The van der Waals surface area contributed by atoms with Gasteiger partial charge in [-0.3, -0.25) is 14.5 Å². The summed E-state index contributed by atoms with van der Waals surface area (Å²) in [6.07, 6.45) is 3.43. The summed E-state index contributed by atoms with van der Waals surface area (Å²) in [5, 5.41) is 0. The van der Waals surface area contributed by atoms with E-state index in [1.54, 1.807) is 6.08 Å². The zero-order chi connectivity index (χ0) is 10.6. The van der Waals surface area contributed by atoms with Crippen LogP contribution in [0.2, 0.25) is 0 Å². The maximum absolute atomic E-state index is 12.0. The van der Waals surface area contributed by atoms with Crippen LogP contribution >= 0.6 is 0 Å². The van der Waals surface area contributed by atoms with Crippen LogP contribution in [-0.2, 0) is 14.3 Å². The van der Waals surface area contributed by atoms with Crippen molar-refractivity contribution in [2.45, 2.75) is 25.0 Å². The molecule has 0 N–H and O–H groups in total. The fourth-order valence-corrected chi connectivity index (χ4v) is 3.08. The minimum atomic E-state index is -0.198. The highest BCUT2D eigenvalue weighted by atomic mass is 16.5. The molecule has 3 saturated heterocycles. The normalized spacial score (nSPS) is 42.5. The molecule has 0 unspecified atom stereocenters. The molecule has 3 rings (SSSR count). The molecule has 80 valence electrons. The van der Waals surface area contributed by atoms with E-state index in [9.17, 15) is 9.59 Å². The van der Waals surface area contributed by atoms with E-state index in [2.05, 4.69) is 6.58 Å². The van der Waals surface area contributed by atoms with Gasteiger partial charge in [0.1, 0.15) is 0 Å². The summed E-state index contributed by atoms with van der Waals surface area (Å²) in [4.78, 5) is 25.2. The van der Waals surface area contributed by atoms with E-state index in [-0.39, 0.29) is 35.9 Å². The summed E-state index contributed by atoms with van der Waals surface area (Å²) in [6.45, 7) is 3.90. The molecule has 0 radical (unpaired) electrons. The van der Waals surface area contributed by atoms with Gasteiger partial charge in [-0.15, -0.1) is 6.58 Å². The molecule has 4 nitrogen and oxygen atoms in total. The van der Waals surface area contributed by atoms with Gasteiger partial charge in [-0.2, -0.15) is 0 Å². The summed E-state index contributed by atoms with van der Waals surface area (Å²) in [5.41, 5.74) is 0. The molecule has 0 aromatic rings.